The number of hydrogen-bond donors (Lipinski definition) is 1. The van der Waals surface area contributed by atoms with Crippen LogP contribution in [0.5, 0.6) is 0 Å². The summed E-state index contributed by atoms with van der Waals surface area (Å²) in [6.45, 7) is 7.37. The van der Waals surface area contributed by atoms with Gasteiger partial charge in [-0.2, -0.15) is 0 Å². The Hall–Kier alpha value is -4.06. The number of rotatable bonds is 4. The topological polar surface area (TPSA) is 71.0 Å². The summed E-state index contributed by atoms with van der Waals surface area (Å²) in [5, 5.41) is 3.09. The van der Waals surface area contributed by atoms with Crippen molar-refractivity contribution in [1.82, 2.24) is 19.9 Å². The molecule has 2 aromatic heterocycles. The minimum absolute atomic E-state index is 0.103. The zero-order valence-corrected chi connectivity index (χ0v) is 20.4. The highest BCUT2D eigenvalue weighted by Crippen LogP contribution is 2.32. The molecule has 1 N–H and O–H groups in total. The number of carbonyl (C=O) groups is 1. The second-order valence-electron chi connectivity index (χ2n) is 8.97. The first-order valence-corrected chi connectivity index (χ1v) is 12.0. The van der Waals surface area contributed by atoms with Crippen LogP contribution >= 0.6 is 0 Å². The van der Waals surface area contributed by atoms with Crippen molar-refractivity contribution in [1.29, 1.82) is 0 Å². The van der Waals surface area contributed by atoms with Crippen molar-refractivity contribution in [3.63, 3.8) is 0 Å². The van der Waals surface area contributed by atoms with Crippen LogP contribution in [0, 0.1) is 13.8 Å². The summed E-state index contributed by atoms with van der Waals surface area (Å²) in [4.78, 5) is 29.2. The van der Waals surface area contributed by atoms with Gasteiger partial charge in [-0.15, -0.1) is 0 Å². The number of nitrogens with one attached hydrogen (secondary N) is 1. The molecule has 2 aromatic carbocycles. The van der Waals surface area contributed by atoms with Crippen LogP contribution in [-0.4, -0.2) is 32.4 Å². The van der Waals surface area contributed by atoms with E-state index in [1.54, 1.807) is 12.4 Å². The van der Waals surface area contributed by atoms with Crippen molar-refractivity contribution in [2.75, 3.05) is 11.9 Å². The molecule has 0 radical (unpaired) electrons. The lowest BCUT2D eigenvalue weighted by Crippen LogP contribution is -2.39. The summed E-state index contributed by atoms with van der Waals surface area (Å²) in [6.07, 6.45) is 5.14. The normalized spacial score (nSPS) is 12.8. The second-order valence-corrected chi connectivity index (χ2v) is 8.97. The molecule has 1 aliphatic heterocycles. The highest BCUT2D eigenvalue weighted by molar-refractivity contribution is 5.90. The molecule has 6 heteroatoms. The number of fused-ring (bicyclic) bond motifs is 1. The molecule has 4 aromatic rings. The quantitative estimate of drug-likeness (QED) is 0.404. The Morgan fingerprint density at radius 3 is 2.66 bits per heavy atom. The predicted molar refractivity (Wildman–Crippen MR) is 139 cm³/mol. The number of hydrogen-bond acceptors (Lipinski definition) is 4. The van der Waals surface area contributed by atoms with Gasteiger partial charge < -0.3 is 10.2 Å². The van der Waals surface area contributed by atoms with Crippen molar-refractivity contribution >= 4 is 11.7 Å². The smallest absolute Gasteiger partial charge is 0.320 e. The van der Waals surface area contributed by atoms with Crippen molar-refractivity contribution in [2.24, 2.45) is 0 Å². The Kier molecular flexibility index (Phi) is 6.27. The van der Waals surface area contributed by atoms with E-state index in [4.69, 9.17) is 9.97 Å². The van der Waals surface area contributed by atoms with Crippen LogP contribution in [0.1, 0.15) is 34.9 Å². The van der Waals surface area contributed by atoms with Crippen LogP contribution in [0.25, 0.3) is 22.6 Å². The van der Waals surface area contributed by atoms with Gasteiger partial charge in [-0.25, -0.2) is 14.8 Å². The molecule has 2 amide bonds. The van der Waals surface area contributed by atoms with E-state index in [-0.39, 0.29) is 6.03 Å². The highest BCUT2D eigenvalue weighted by Gasteiger charge is 2.27. The molecule has 0 saturated heterocycles. The van der Waals surface area contributed by atoms with Crippen molar-refractivity contribution in [2.45, 2.75) is 40.2 Å². The predicted octanol–water partition coefficient (Wildman–Crippen LogP) is 5.98. The molecule has 5 rings (SSSR count). The zero-order chi connectivity index (χ0) is 24.4. The van der Waals surface area contributed by atoms with E-state index in [0.717, 1.165) is 45.7 Å². The van der Waals surface area contributed by atoms with Gasteiger partial charge in [-0.05, 0) is 61.2 Å². The van der Waals surface area contributed by atoms with E-state index in [2.05, 4.69) is 55.3 Å². The number of aryl methyl sites for hydroxylation is 3. The van der Waals surface area contributed by atoms with E-state index < -0.39 is 0 Å². The molecule has 176 valence electrons. The maximum absolute atomic E-state index is 13.2. The summed E-state index contributed by atoms with van der Waals surface area (Å²) in [7, 11) is 0. The van der Waals surface area contributed by atoms with E-state index in [1.165, 1.54) is 11.1 Å². The van der Waals surface area contributed by atoms with Gasteiger partial charge in [0.25, 0.3) is 0 Å². The fourth-order valence-corrected chi connectivity index (χ4v) is 4.61. The first-order chi connectivity index (χ1) is 17.0. The van der Waals surface area contributed by atoms with Crippen molar-refractivity contribution in [3.05, 3.63) is 94.9 Å². The third-order valence-electron chi connectivity index (χ3n) is 6.65. The van der Waals surface area contributed by atoms with Crippen LogP contribution in [-0.2, 0) is 19.4 Å². The van der Waals surface area contributed by atoms with Gasteiger partial charge in [0.15, 0.2) is 5.82 Å². The monoisotopic (exact) mass is 463 g/mol. The van der Waals surface area contributed by atoms with Gasteiger partial charge in [-0.1, -0.05) is 37.3 Å². The van der Waals surface area contributed by atoms with E-state index in [1.807, 2.05) is 35.2 Å². The van der Waals surface area contributed by atoms with Gasteiger partial charge in [0.05, 0.1) is 17.9 Å². The maximum atomic E-state index is 13.2. The minimum Gasteiger partial charge on any atom is -0.320 e. The largest absolute Gasteiger partial charge is 0.322 e. The summed E-state index contributed by atoms with van der Waals surface area (Å²) < 4.78 is 0. The molecule has 0 fully saturated rings. The Bertz CT molecular complexity index is 1380. The van der Waals surface area contributed by atoms with Crippen molar-refractivity contribution < 1.29 is 4.79 Å². The number of nitrogens with zero attached hydrogens (tertiary/aromatic N) is 4. The molecule has 0 spiro atoms. The molecule has 1 aliphatic rings. The SMILES string of the molecule is CCc1cc(NC(=O)N2CCc3nc(-c4cccnc4)nc(-c4ccccc4C)c3C2)ccc1C. The molecule has 0 bridgehead atoms. The Morgan fingerprint density at radius 2 is 1.89 bits per heavy atom. The van der Waals surface area contributed by atoms with Gasteiger partial charge >= 0.3 is 6.03 Å². The van der Waals surface area contributed by atoms with Gasteiger partial charge in [0.2, 0.25) is 0 Å². The molecule has 0 saturated carbocycles. The highest BCUT2D eigenvalue weighted by atomic mass is 16.2. The molecule has 0 unspecified atom stereocenters. The first-order valence-electron chi connectivity index (χ1n) is 12.0. The Balaban J connectivity index is 1.50. The number of pyridine rings is 1. The van der Waals surface area contributed by atoms with E-state index >= 15 is 0 Å². The van der Waals surface area contributed by atoms with E-state index in [9.17, 15) is 4.79 Å². The van der Waals surface area contributed by atoms with Gasteiger partial charge in [-0.3, -0.25) is 4.98 Å². The number of anilines is 1. The average molecular weight is 464 g/mol. The molecule has 0 aliphatic carbocycles. The zero-order valence-electron chi connectivity index (χ0n) is 20.4. The van der Waals surface area contributed by atoms with E-state index in [0.29, 0.717) is 25.3 Å². The molecular formula is C29H29N5O. The fraction of sp³-hybridized carbons (Fsp3) is 0.241. The molecular weight excluding hydrogens is 434 g/mol. The number of urea groups is 1. The van der Waals surface area contributed by atoms with Crippen LogP contribution in [0.3, 0.4) is 0 Å². The van der Waals surface area contributed by atoms with Crippen LogP contribution in [0.15, 0.2) is 67.0 Å². The lowest BCUT2D eigenvalue weighted by molar-refractivity contribution is 0.206. The number of carbonyl (C=O) groups excluding carboxylic acids is 1. The maximum Gasteiger partial charge on any atom is 0.322 e. The molecule has 0 atom stereocenters. The lowest BCUT2D eigenvalue weighted by atomic mass is 9.96. The molecule has 3 heterocycles. The Morgan fingerprint density at radius 1 is 1.03 bits per heavy atom. The standard InChI is InChI=1S/C29H29N5O/c1-4-21-16-23(12-11-19(21)2)31-29(35)34-15-13-26-25(18-34)27(24-10-6-5-8-20(24)3)33-28(32-26)22-9-7-14-30-17-22/h5-12,14,16-17H,4,13,15,18H2,1-3H3,(H,31,35). The third kappa shape index (κ3) is 4.64. The third-order valence-corrected chi connectivity index (χ3v) is 6.65. The summed E-state index contributed by atoms with van der Waals surface area (Å²) >= 11 is 0. The average Bonchev–Trinajstić information content (AvgIpc) is 2.89. The molecule has 6 nitrogen and oxygen atoms in total. The number of benzene rings is 2. The van der Waals surface area contributed by atoms with Crippen LogP contribution < -0.4 is 5.32 Å². The lowest BCUT2D eigenvalue weighted by Gasteiger charge is -2.30. The fourth-order valence-electron chi connectivity index (χ4n) is 4.61. The number of amides is 2. The van der Waals surface area contributed by atoms with Crippen LogP contribution in [0.4, 0.5) is 10.5 Å². The van der Waals surface area contributed by atoms with Gasteiger partial charge in [0.1, 0.15) is 0 Å². The van der Waals surface area contributed by atoms with Gasteiger partial charge in [0, 0.05) is 47.7 Å². The summed E-state index contributed by atoms with van der Waals surface area (Å²) in [6, 6.07) is 18.1. The first kappa shape index (κ1) is 22.7. The van der Waals surface area contributed by atoms with Crippen molar-refractivity contribution in [3.8, 4) is 22.6 Å². The summed E-state index contributed by atoms with van der Waals surface area (Å²) in [5.41, 5.74) is 9.27. The minimum atomic E-state index is -0.103. The number of aromatic nitrogens is 3. The summed E-state index contributed by atoms with van der Waals surface area (Å²) in [5.74, 6) is 0.666. The Labute approximate surface area is 206 Å². The van der Waals surface area contributed by atoms with Crippen LogP contribution in [0.2, 0.25) is 0 Å². The second kappa shape index (κ2) is 9.66. The molecule has 35 heavy (non-hydrogen) atoms.